The number of aromatic amines is 1. The molecule has 0 radical (unpaired) electrons. The quantitative estimate of drug-likeness (QED) is 0.146. The van der Waals surface area contributed by atoms with Crippen LogP contribution in [0.25, 0.3) is 10.9 Å². The van der Waals surface area contributed by atoms with E-state index in [-0.39, 0.29) is 52.3 Å². The molecule has 1 heterocycles. The molecular formula is C28H22Cl2N2O5. The predicted octanol–water partition coefficient (Wildman–Crippen LogP) is 5.99. The number of halogens is 2. The first kappa shape index (κ1) is 26.1. The number of aromatic nitrogens is 1. The lowest BCUT2D eigenvalue weighted by molar-refractivity contribution is 0.0521. The summed E-state index contributed by atoms with van der Waals surface area (Å²) in [5, 5.41) is 1.59. The van der Waals surface area contributed by atoms with Gasteiger partial charge >= 0.3 is 5.97 Å². The van der Waals surface area contributed by atoms with E-state index in [0.29, 0.717) is 12.0 Å². The van der Waals surface area contributed by atoms with Gasteiger partial charge in [0.2, 0.25) is 0 Å². The fourth-order valence-corrected chi connectivity index (χ4v) is 4.42. The maximum Gasteiger partial charge on any atom is 0.356 e. The maximum absolute atomic E-state index is 13.3. The molecular weight excluding hydrogens is 515 g/mol. The monoisotopic (exact) mass is 536 g/mol. The Morgan fingerprint density at radius 2 is 1.59 bits per heavy atom. The summed E-state index contributed by atoms with van der Waals surface area (Å²) in [6.45, 7) is 1.57. The van der Waals surface area contributed by atoms with Gasteiger partial charge in [-0.25, -0.2) is 4.79 Å². The van der Waals surface area contributed by atoms with Crippen molar-refractivity contribution in [3.63, 3.8) is 0 Å². The second-order valence-corrected chi connectivity index (χ2v) is 8.87. The SMILES string of the molecule is CCOC(=O)c1[nH]c2cc(C(=O)Cl)cc(C(=O)Cl)c2c1NCC(=O)c1ccccc1Cc1ccccc1. The molecule has 0 atom stereocenters. The van der Waals surface area contributed by atoms with E-state index in [9.17, 15) is 19.2 Å². The summed E-state index contributed by atoms with van der Waals surface area (Å²) in [7, 11) is 0. The van der Waals surface area contributed by atoms with Gasteiger partial charge in [0, 0.05) is 27.6 Å². The first-order chi connectivity index (χ1) is 17.8. The van der Waals surface area contributed by atoms with Crippen molar-refractivity contribution in [3.8, 4) is 0 Å². The third kappa shape index (κ3) is 5.74. The summed E-state index contributed by atoms with van der Waals surface area (Å²) in [4.78, 5) is 52.9. The number of esters is 1. The van der Waals surface area contributed by atoms with E-state index in [1.807, 2.05) is 42.5 Å². The molecule has 37 heavy (non-hydrogen) atoms. The van der Waals surface area contributed by atoms with Crippen LogP contribution in [0.5, 0.6) is 0 Å². The van der Waals surface area contributed by atoms with Crippen LogP contribution in [0.2, 0.25) is 0 Å². The highest BCUT2D eigenvalue weighted by molar-refractivity contribution is 6.70. The van der Waals surface area contributed by atoms with E-state index < -0.39 is 16.5 Å². The zero-order valence-corrected chi connectivity index (χ0v) is 21.3. The number of ketones is 1. The molecule has 0 fully saturated rings. The molecule has 0 bridgehead atoms. The summed E-state index contributed by atoms with van der Waals surface area (Å²) >= 11 is 11.4. The summed E-state index contributed by atoms with van der Waals surface area (Å²) in [5.41, 5.74) is 2.83. The van der Waals surface area contributed by atoms with Crippen molar-refractivity contribution in [2.24, 2.45) is 0 Å². The number of nitrogens with one attached hydrogen (secondary N) is 2. The molecule has 1 aromatic heterocycles. The van der Waals surface area contributed by atoms with Crippen LogP contribution in [0.3, 0.4) is 0 Å². The second kappa shape index (κ2) is 11.4. The number of carbonyl (C=O) groups is 4. The average Bonchev–Trinajstić information content (AvgIpc) is 3.26. The van der Waals surface area contributed by atoms with Crippen LogP contribution in [-0.4, -0.2) is 40.4 Å². The van der Waals surface area contributed by atoms with Crippen LogP contribution in [0.4, 0.5) is 5.69 Å². The molecule has 0 aliphatic rings. The van der Waals surface area contributed by atoms with Crippen molar-refractivity contribution in [2.75, 3.05) is 18.5 Å². The van der Waals surface area contributed by atoms with Crippen molar-refractivity contribution in [1.82, 2.24) is 4.98 Å². The lowest BCUT2D eigenvalue weighted by atomic mass is 9.97. The highest BCUT2D eigenvalue weighted by atomic mass is 35.5. The molecule has 0 aliphatic heterocycles. The van der Waals surface area contributed by atoms with E-state index in [4.69, 9.17) is 27.9 Å². The van der Waals surface area contributed by atoms with Gasteiger partial charge in [-0.15, -0.1) is 0 Å². The van der Waals surface area contributed by atoms with E-state index in [1.165, 1.54) is 12.1 Å². The number of hydrogen-bond acceptors (Lipinski definition) is 6. The van der Waals surface area contributed by atoms with Crippen LogP contribution in [0.1, 0.15) is 59.6 Å². The number of ether oxygens (including phenoxy) is 1. The predicted molar refractivity (Wildman–Crippen MR) is 143 cm³/mol. The Bertz CT molecular complexity index is 1510. The zero-order valence-electron chi connectivity index (χ0n) is 19.8. The van der Waals surface area contributed by atoms with Crippen molar-refractivity contribution in [1.29, 1.82) is 0 Å². The number of benzene rings is 3. The van der Waals surface area contributed by atoms with Crippen LogP contribution in [0.15, 0.2) is 66.7 Å². The Kier molecular flexibility index (Phi) is 8.06. The third-order valence-electron chi connectivity index (χ3n) is 5.80. The Morgan fingerprint density at radius 1 is 0.892 bits per heavy atom. The molecule has 0 aliphatic carbocycles. The Labute approximate surface area is 222 Å². The van der Waals surface area contributed by atoms with E-state index in [0.717, 1.165) is 11.1 Å². The first-order valence-electron chi connectivity index (χ1n) is 11.5. The highest BCUT2D eigenvalue weighted by Crippen LogP contribution is 2.34. The largest absolute Gasteiger partial charge is 0.461 e. The van der Waals surface area contributed by atoms with Crippen LogP contribution in [-0.2, 0) is 11.2 Å². The second-order valence-electron chi connectivity index (χ2n) is 8.19. The van der Waals surface area contributed by atoms with Crippen molar-refractivity contribution < 1.29 is 23.9 Å². The minimum Gasteiger partial charge on any atom is -0.461 e. The maximum atomic E-state index is 13.3. The lowest BCUT2D eigenvalue weighted by Crippen LogP contribution is -2.18. The molecule has 0 unspecified atom stereocenters. The van der Waals surface area contributed by atoms with Gasteiger partial charge in [-0.1, -0.05) is 54.6 Å². The number of carbonyl (C=O) groups excluding carboxylic acids is 4. The fourth-order valence-electron chi connectivity index (χ4n) is 4.16. The Balaban J connectivity index is 1.72. The Hall–Kier alpha value is -3.94. The highest BCUT2D eigenvalue weighted by Gasteiger charge is 2.25. The summed E-state index contributed by atoms with van der Waals surface area (Å²) in [6, 6.07) is 19.7. The standard InChI is InChI=1S/C28H22Cl2N2O5/c1-2-37-28(36)25-24(23-20(27(30)35)13-18(26(29)34)14-21(23)32-25)31-15-22(33)19-11-7-6-10-17(19)12-16-8-4-3-5-9-16/h3-11,13-14,31-32H,2,12,15H2,1H3. The number of Topliss-reactive ketones (excluding diaryl/α,β-unsaturated/α-hetero) is 1. The first-order valence-corrected chi connectivity index (χ1v) is 12.2. The van der Waals surface area contributed by atoms with Crippen LogP contribution < -0.4 is 5.32 Å². The molecule has 3 aromatic carbocycles. The van der Waals surface area contributed by atoms with E-state index in [2.05, 4.69) is 10.3 Å². The van der Waals surface area contributed by atoms with Gasteiger partial charge in [0.05, 0.1) is 18.8 Å². The molecule has 9 heteroatoms. The number of anilines is 1. The molecule has 0 saturated heterocycles. The molecule has 0 spiro atoms. The fraction of sp³-hybridized carbons (Fsp3) is 0.143. The van der Waals surface area contributed by atoms with E-state index in [1.54, 1.807) is 19.1 Å². The van der Waals surface area contributed by atoms with E-state index >= 15 is 0 Å². The molecule has 7 nitrogen and oxygen atoms in total. The molecule has 188 valence electrons. The molecule has 2 N–H and O–H groups in total. The molecule has 0 amide bonds. The van der Waals surface area contributed by atoms with Gasteiger partial charge < -0.3 is 15.0 Å². The van der Waals surface area contributed by atoms with Gasteiger partial charge in [0.25, 0.3) is 10.5 Å². The molecule has 4 aromatic rings. The van der Waals surface area contributed by atoms with Crippen molar-refractivity contribution in [3.05, 3.63) is 100 Å². The molecule has 4 rings (SSSR count). The zero-order chi connectivity index (χ0) is 26.5. The number of fused-ring (bicyclic) bond motifs is 1. The number of hydrogen-bond donors (Lipinski definition) is 2. The van der Waals surface area contributed by atoms with Crippen molar-refractivity contribution >= 4 is 62.0 Å². The topological polar surface area (TPSA) is 105 Å². The normalized spacial score (nSPS) is 10.8. The van der Waals surface area contributed by atoms with Crippen LogP contribution in [0, 0.1) is 0 Å². The van der Waals surface area contributed by atoms with Gasteiger partial charge in [-0.05, 0) is 59.8 Å². The molecule has 0 saturated carbocycles. The third-order valence-corrected chi connectivity index (χ3v) is 6.22. The summed E-state index contributed by atoms with van der Waals surface area (Å²) < 4.78 is 5.15. The van der Waals surface area contributed by atoms with Gasteiger partial charge in [0.1, 0.15) is 5.69 Å². The number of rotatable bonds is 10. The Morgan fingerprint density at radius 3 is 2.27 bits per heavy atom. The van der Waals surface area contributed by atoms with Crippen molar-refractivity contribution in [2.45, 2.75) is 13.3 Å². The number of H-pyrrole nitrogens is 1. The lowest BCUT2D eigenvalue weighted by Gasteiger charge is -2.12. The van der Waals surface area contributed by atoms with Gasteiger partial charge in [0.15, 0.2) is 5.78 Å². The summed E-state index contributed by atoms with van der Waals surface area (Å²) in [6.07, 6.45) is 0.573. The minimum absolute atomic E-state index is 0.0134. The van der Waals surface area contributed by atoms with Gasteiger partial charge in [-0.2, -0.15) is 0 Å². The minimum atomic E-state index is -0.859. The summed E-state index contributed by atoms with van der Waals surface area (Å²) in [5.74, 6) is -0.924. The van der Waals surface area contributed by atoms with Crippen LogP contribution >= 0.6 is 23.2 Å². The average molecular weight is 537 g/mol. The smallest absolute Gasteiger partial charge is 0.356 e. The van der Waals surface area contributed by atoms with Gasteiger partial charge in [-0.3, -0.25) is 14.4 Å².